The molecule has 0 aliphatic rings. The van der Waals surface area contributed by atoms with Gasteiger partial charge in [-0.3, -0.25) is 0 Å². The van der Waals surface area contributed by atoms with Gasteiger partial charge in [-0.05, 0) is 11.0 Å². The van der Waals surface area contributed by atoms with Gasteiger partial charge in [0.2, 0.25) is 0 Å². The van der Waals surface area contributed by atoms with Crippen LogP contribution < -0.4 is 0 Å². The molecule has 0 aromatic heterocycles. The second kappa shape index (κ2) is 34.4. The molecule has 5 heteroatoms. The van der Waals surface area contributed by atoms with E-state index in [1.165, 1.54) is 0 Å². The third kappa shape index (κ3) is 22.5. The molecule has 31 valence electrons. The van der Waals surface area contributed by atoms with E-state index in [1.807, 2.05) is 0 Å². The molecule has 0 atom stereocenters. The summed E-state index contributed by atoms with van der Waals surface area (Å²) in [5.74, 6) is 0. The van der Waals surface area contributed by atoms with Gasteiger partial charge in [0, 0.05) is 69.3 Å². The van der Waals surface area contributed by atoms with Crippen LogP contribution in [-0.4, -0.2) is 19.4 Å². The van der Waals surface area contributed by atoms with Gasteiger partial charge in [-0.15, -0.1) is 0 Å². The summed E-state index contributed by atoms with van der Waals surface area (Å²) in [5.41, 5.74) is 0. The average molecular weight is 270 g/mol. The van der Waals surface area contributed by atoms with Gasteiger partial charge in [0.25, 0.3) is 0 Å². The molecule has 0 aliphatic heterocycles. The van der Waals surface area contributed by atoms with Gasteiger partial charge in [0.05, 0.1) is 0 Å². The van der Waals surface area contributed by atoms with Crippen molar-refractivity contribution in [3.63, 3.8) is 0 Å². The van der Waals surface area contributed by atoms with Gasteiger partial charge in [-0.1, -0.05) is 0 Å². The topological polar surface area (TPSA) is 0 Å². The maximum absolute atomic E-state index is 0. The fourth-order valence-electron chi connectivity index (χ4n) is 0. The maximum Gasteiger partial charge on any atom is 0 e. The first-order valence-electron chi connectivity index (χ1n) is 0. The van der Waals surface area contributed by atoms with Crippen LogP contribution >= 0.6 is 0 Å². The van der Waals surface area contributed by atoms with Gasteiger partial charge < -0.3 is 0 Å². The number of rotatable bonds is 0. The summed E-state index contributed by atoms with van der Waals surface area (Å²) in [6.07, 6.45) is 0. The largest absolute Gasteiger partial charge is 0.0149 e. The minimum atomic E-state index is 0. The summed E-state index contributed by atoms with van der Waals surface area (Å²) in [6.45, 7) is 0. The van der Waals surface area contributed by atoms with E-state index in [0.717, 1.165) is 0 Å². The molecular weight excluding hydrogens is 266 g/mol. The van der Waals surface area contributed by atoms with E-state index in [1.54, 1.807) is 0 Å². The number of hydrogen-bond acceptors (Lipinski definition) is 0. The van der Waals surface area contributed by atoms with Crippen LogP contribution in [0.4, 0.5) is 0 Å². The van der Waals surface area contributed by atoms with Crippen molar-refractivity contribution in [2.75, 3.05) is 0 Å². The Bertz CT molecular complexity index is 11.6. The van der Waals surface area contributed by atoms with Crippen LogP contribution in [0.3, 0.4) is 0 Å². The molecule has 0 saturated heterocycles. The van der Waals surface area contributed by atoms with Crippen molar-refractivity contribution in [2.45, 2.75) is 0 Å². The quantitative estimate of drug-likeness (QED) is 0.454. The molecule has 0 fully saturated rings. The maximum atomic E-state index is 0. The van der Waals surface area contributed by atoms with Crippen molar-refractivity contribution >= 4 is 19.4 Å². The van der Waals surface area contributed by atoms with Crippen molar-refractivity contribution in [2.24, 2.45) is 0 Å². The van der Waals surface area contributed by atoms with E-state index >= 15 is 0 Å². The zero-order valence-electron chi connectivity index (χ0n) is 1.95. The summed E-state index contributed by atoms with van der Waals surface area (Å²) in [4.78, 5) is 0. The van der Waals surface area contributed by atoms with Gasteiger partial charge >= 0.3 is 0 Å². The van der Waals surface area contributed by atoms with E-state index in [2.05, 4.69) is 0 Å². The molecule has 3 radical (unpaired) electrons. The van der Waals surface area contributed by atoms with Crippen molar-refractivity contribution < 1.29 is 60.9 Å². The van der Waals surface area contributed by atoms with Gasteiger partial charge in [0.1, 0.15) is 0 Å². The van der Waals surface area contributed by atoms with Crippen molar-refractivity contribution in [3.8, 4) is 0 Å². The molecular formula is H4BCdFeNiSi. The van der Waals surface area contributed by atoms with Crippen molar-refractivity contribution in [1.29, 1.82) is 0 Å². The van der Waals surface area contributed by atoms with Crippen LogP contribution in [0.2, 0.25) is 0 Å². The van der Waals surface area contributed by atoms with Crippen LogP contribution in [0, 0.1) is 0 Å². The van der Waals surface area contributed by atoms with Crippen molar-refractivity contribution in [1.82, 2.24) is 0 Å². The molecule has 0 aromatic carbocycles. The summed E-state index contributed by atoms with van der Waals surface area (Å²) < 4.78 is 0. The van der Waals surface area contributed by atoms with Crippen LogP contribution in [0.5, 0.6) is 0 Å². The zero-order valence-corrected chi connectivity index (χ0v) is 8.08. The molecule has 0 nitrogen and oxygen atoms in total. The normalized spacial score (nSPS) is 0. The van der Waals surface area contributed by atoms with E-state index < -0.39 is 0 Å². The predicted octanol–water partition coefficient (Wildman–Crippen LogP) is -1.84. The van der Waals surface area contributed by atoms with E-state index in [-0.39, 0.29) is 80.2 Å². The first kappa shape index (κ1) is 56.8. The summed E-state index contributed by atoms with van der Waals surface area (Å²) in [7, 11) is 0. The Balaban J connectivity index is 0. The fraction of sp³-hybridized carbons (Fsp3) is 0. The van der Waals surface area contributed by atoms with E-state index in [4.69, 9.17) is 0 Å². The van der Waals surface area contributed by atoms with Crippen LogP contribution in [-0.2, 0) is 60.9 Å². The Kier molecular flexibility index (Phi) is 391. The minimum Gasteiger partial charge on any atom is -0.0149 e. The molecule has 0 spiro atoms. The molecule has 0 unspecified atom stereocenters. The van der Waals surface area contributed by atoms with E-state index in [0.29, 0.717) is 0 Å². The van der Waals surface area contributed by atoms with E-state index in [9.17, 15) is 0 Å². The predicted molar refractivity (Wildman–Crippen MR) is 17.1 cm³/mol. The molecule has 0 rings (SSSR count). The molecule has 0 aliphatic carbocycles. The molecule has 0 saturated carbocycles. The SMILES string of the molecule is [B].[Cd].[Fe].[Ni].[SiH4]. The summed E-state index contributed by atoms with van der Waals surface area (Å²) >= 11 is 0. The molecule has 0 N–H and O–H groups in total. The van der Waals surface area contributed by atoms with Gasteiger partial charge in [-0.2, -0.15) is 0 Å². The average Bonchev–Trinajstić information content (AvgIpc) is 0. The fourth-order valence-corrected chi connectivity index (χ4v) is 0. The second-order valence-corrected chi connectivity index (χ2v) is 0. The molecule has 0 amide bonds. The Morgan fingerprint density at radius 1 is 1.00 bits per heavy atom. The van der Waals surface area contributed by atoms with Crippen LogP contribution in [0.25, 0.3) is 0 Å². The molecule has 5 heavy (non-hydrogen) atoms. The minimum absolute atomic E-state index is 0. The Hall–Kier alpha value is 2.22. The third-order valence-electron chi connectivity index (χ3n) is 0. The first-order valence-corrected chi connectivity index (χ1v) is 0. The monoisotopic (exact) mass is 271 g/mol. The summed E-state index contributed by atoms with van der Waals surface area (Å²) in [6, 6.07) is 0. The molecule has 0 bridgehead atoms. The zero-order chi connectivity index (χ0) is 0. The number of hydrogen-bond donors (Lipinski definition) is 0. The first-order chi connectivity index (χ1) is 0. The Morgan fingerprint density at radius 3 is 1.00 bits per heavy atom. The van der Waals surface area contributed by atoms with Crippen LogP contribution in [0.15, 0.2) is 0 Å². The standard InChI is InChI=1S/B.Cd.Fe.Ni.H4Si/h;;;;1H4. The second-order valence-electron chi connectivity index (χ2n) is 0. The molecule has 0 heterocycles. The Morgan fingerprint density at radius 2 is 1.00 bits per heavy atom. The third-order valence-corrected chi connectivity index (χ3v) is 0. The summed E-state index contributed by atoms with van der Waals surface area (Å²) in [5, 5.41) is 0. The Labute approximate surface area is 79.4 Å². The van der Waals surface area contributed by atoms with Gasteiger partial charge in [-0.25, -0.2) is 0 Å². The molecule has 0 aromatic rings. The smallest absolute Gasteiger partial charge is 0 e. The van der Waals surface area contributed by atoms with Gasteiger partial charge in [0.15, 0.2) is 0 Å². The van der Waals surface area contributed by atoms with Crippen molar-refractivity contribution in [3.05, 3.63) is 0 Å². The van der Waals surface area contributed by atoms with Crippen LogP contribution in [0.1, 0.15) is 0 Å².